The number of fused-ring (bicyclic) bond motifs is 1. The van der Waals surface area contributed by atoms with Gasteiger partial charge >= 0.3 is 0 Å². The number of hydrogen-bond acceptors (Lipinski definition) is 2. The molecule has 2 rings (SSSR count). The standard InChI is InChI=1S/C11H15NS/c1-12(2)7-9-8-13-11-6-4-3-5-10(9)11/h3-6,9H,7-8H2,1-2H3. The molecule has 0 N–H and O–H groups in total. The van der Waals surface area contributed by atoms with Gasteiger partial charge in [-0.1, -0.05) is 18.2 Å². The van der Waals surface area contributed by atoms with Gasteiger partial charge < -0.3 is 4.90 Å². The van der Waals surface area contributed by atoms with Crippen molar-refractivity contribution in [3.8, 4) is 0 Å². The molecule has 13 heavy (non-hydrogen) atoms. The van der Waals surface area contributed by atoms with E-state index in [0.29, 0.717) is 0 Å². The minimum atomic E-state index is 0.733. The molecule has 1 atom stereocenters. The van der Waals surface area contributed by atoms with Crippen molar-refractivity contribution in [2.24, 2.45) is 0 Å². The smallest absolute Gasteiger partial charge is 0.0108 e. The summed E-state index contributed by atoms with van der Waals surface area (Å²) in [5.41, 5.74) is 1.54. The Morgan fingerprint density at radius 2 is 2.15 bits per heavy atom. The fraction of sp³-hybridized carbons (Fsp3) is 0.455. The lowest BCUT2D eigenvalue weighted by molar-refractivity contribution is 0.386. The normalized spacial score (nSPS) is 20.7. The van der Waals surface area contributed by atoms with Gasteiger partial charge in [0.1, 0.15) is 0 Å². The lowest BCUT2D eigenvalue weighted by Crippen LogP contribution is -2.20. The van der Waals surface area contributed by atoms with Gasteiger partial charge in [-0.15, -0.1) is 11.8 Å². The van der Waals surface area contributed by atoms with Gasteiger partial charge in [0.05, 0.1) is 0 Å². The second-order valence-electron chi connectivity index (χ2n) is 3.81. The maximum Gasteiger partial charge on any atom is 0.0108 e. The quantitative estimate of drug-likeness (QED) is 0.709. The largest absolute Gasteiger partial charge is 0.309 e. The molecule has 0 spiro atoms. The van der Waals surface area contributed by atoms with E-state index in [4.69, 9.17) is 0 Å². The number of benzene rings is 1. The van der Waals surface area contributed by atoms with Gasteiger partial charge in [0.15, 0.2) is 0 Å². The molecule has 1 nitrogen and oxygen atoms in total. The lowest BCUT2D eigenvalue weighted by Gasteiger charge is -2.15. The topological polar surface area (TPSA) is 3.24 Å². The minimum absolute atomic E-state index is 0.733. The molecule has 0 aromatic heterocycles. The predicted octanol–water partition coefficient (Wildman–Crippen LogP) is 2.44. The first-order chi connectivity index (χ1) is 6.27. The van der Waals surface area contributed by atoms with Crippen LogP contribution in [0.15, 0.2) is 29.2 Å². The van der Waals surface area contributed by atoms with E-state index in [1.807, 2.05) is 11.8 Å². The van der Waals surface area contributed by atoms with Gasteiger partial charge in [-0.2, -0.15) is 0 Å². The Bertz CT molecular complexity index is 296. The highest BCUT2D eigenvalue weighted by Gasteiger charge is 2.22. The fourth-order valence-corrected chi connectivity index (χ4v) is 3.06. The molecule has 2 heteroatoms. The van der Waals surface area contributed by atoms with Crippen LogP contribution < -0.4 is 0 Å². The summed E-state index contributed by atoms with van der Waals surface area (Å²) in [6.07, 6.45) is 0. The van der Waals surface area contributed by atoms with Crippen molar-refractivity contribution in [3.05, 3.63) is 29.8 Å². The molecule has 0 saturated carbocycles. The van der Waals surface area contributed by atoms with Crippen LogP contribution in [0, 0.1) is 0 Å². The van der Waals surface area contributed by atoms with Crippen molar-refractivity contribution >= 4 is 11.8 Å². The fourth-order valence-electron chi connectivity index (χ4n) is 1.82. The molecule has 1 heterocycles. The van der Waals surface area contributed by atoms with Gasteiger partial charge in [0.2, 0.25) is 0 Å². The zero-order valence-electron chi connectivity index (χ0n) is 8.16. The maximum atomic E-state index is 2.27. The summed E-state index contributed by atoms with van der Waals surface area (Å²) in [6.45, 7) is 1.17. The van der Waals surface area contributed by atoms with E-state index in [9.17, 15) is 0 Å². The first kappa shape index (κ1) is 9.10. The molecular weight excluding hydrogens is 178 g/mol. The van der Waals surface area contributed by atoms with Crippen LogP contribution in [-0.4, -0.2) is 31.3 Å². The molecule has 1 unspecified atom stereocenters. The van der Waals surface area contributed by atoms with Gasteiger partial charge in [-0.05, 0) is 25.7 Å². The van der Waals surface area contributed by atoms with Crippen LogP contribution in [0.5, 0.6) is 0 Å². The third kappa shape index (κ3) is 1.89. The van der Waals surface area contributed by atoms with Crippen LogP contribution in [-0.2, 0) is 0 Å². The molecule has 70 valence electrons. The van der Waals surface area contributed by atoms with Gasteiger partial charge in [0, 0.05) is 23.1 Å². The van der Waals surface area contributed by atoms with Crippen LogP contribution in [0.1, 0.15) is 11.5 Å². The number of hydrogen-bond donors (Lipinski definition) is 0. The van der Waals surface area contributed by atoms with Crippen LogP contribution in [0.25, 0.3) is 0 Å². The molecule has 0 aliphatic carbocycles. The summed E-state index contributed by atoms with van der Waals surface area (Å²) in [5.74, 6) is 1.98. The van der Waals surface area contributed by atoms with Crippen LogP contribution in [0.3, 0.4) is 0 Å². The summed E-state index contributed by atoms with van der Waals surface area (Å²) in [7, 11) is 4.29. The molecule has 0 amide bonds. The minimum Gasteiger partial charge on any atom is -0.309 e. The molecule has 0 saturated heterocycles. The van der Waals surface area contributed by atoms with E-state index >= 15 is 0 Å². The molecule has 0 bridgehead atoms. The summed E-state index contributed by atoms with van der Waals surface area (Å²) in [4.78, 5) is 3.75. The van der Waals surface area contributed by atoms with Crippen molar-refractivity contribution in [1.82, 2.24) is 4.90 Å². The van der Waals surface area contributed by atoms with E-state index in [2.05, 4.69) is 43.3 Å². The Kier molecular flexibility index (Phi) is 2.61. The van der Waals surface area contributed by atoms with E-state index in [0.717, 1.165) is 5.92 Å². The Balaban J connectivity index is 2.18. The Labute approximate surface area is 84.1 Å². The first-order valence-electron chi connectivity index (χ1n) is 4.64. The van der Waals surface area contributed by atoms with Gasteiger partial charge in [-0.25, -0.2) is 0 Å². The number of likely N-dealkylation sites (N-methyl/N-ethyl adjacent to an activating group) is 1. The van der Waals surface area contributed by atoms with E-state index in [-0.39, 0.29) is 0 Å². The monoisotopic (exact) mass is 193 g/mol. The van der Waals surface area contributed by atoms with Crippen molar-refractivity contribution < 1.29 is 0 Å². The van der Waals surface area contributed by atoms with E-state index < -0.39 is 0 Å². The molecule has 1 aromatic carbocycles. The van der Waals surface area contributed by atoms with Crippen LogP contribution in [0.4, 0.5) is 0 Å². The average Bonchev–Trinajstić information content (AvgIpc) is 2.48. The third-order valence-corrected chi connectivity index (χ3v) is 3.64. The van der Waals surface area contributed by atoms with E-state index in [1.54, 1.807) is 5.56 Å². The zero-order valence-corrected chi connectivity index (χ0v) is 8.97. The van der Waals surface area contributed by atoms with Crippen LogP contribution >= 0.6 is 11.8 Å². The predicted molar refractivity (Wildman–Crippen MR) is 58.5 cm³/mol. The van der Waals surface area contributed by atoms with E-state index in [1.165, 1.54) is 17.2 Å². The molecule has 0 fully saturated rings. The zero-order chi connectivity index (χ0) is 9.26. The second kappa shape index (κ2) is 3.72. The maximum absolute atomic E-state index is 2.27. The molecule has 1 aliphatic heterocycles. The average molecular weight is 193 g/mol. The lowest BCUT2D eigenvalue weighted by atomic mass is 10.0. The summed E-state index contributed by atoms with van der Waals surface area (Å²) >= 11 is 1.99. The summed E-state index contributed by atoms with van der Waals surface area (Å²) < 4.78 is 0. The number of nitrogens with zero attached hydrogens (tertiary/aromatic N) is 1. The first-order valence-corrected chi connectivity index (χ1v) is 5.62. The van der Waals surface area contributed by atoms with Crippen molar-refractivity contribution in [2.75, 3.05) is 26.4 Å². The van der Waals surface area contributed by atoms with Crippen molar-refractivity contribution in [1.29, 1.82) is 0 Å². The second-order valence-corrected chi connectivity index (χ2v) is 4.87. The van der Waals surface area contributed by atoms with Crippen molar-refractivity contribution in [2.45, 2.75) is 10.8 Å². The summed E-state index contributed by atoms with van der Waals surface area (Å²) in [5, 5.41) is 0. The SMILES string of the molecule is CN(C)CC1CSc2ccccc21. The number of thioether (sulfide) groups is 1. The Hall–Kier alpha value is -0.470. The highest BCUT2D eigenvalue weighted by atomic mass is 32.2. The van der Waals surface area contributed by atoms with Crippen molar-refractivity contribution in [3.63, 3.8) is 0 Å². The molecule has 1 aromatic rings. The third-order valence-electron chi connectivity index (χ3n) is 2.38. The Morgan fingerprint density at radius 1 is 1.38 bits per heavy atom. The molecule has 0 radical (unpaired) electrons. The highest BCUT2D eigenvalue weighted by Crippen LogP contribution is 2.39. The Morgan fingerprint density at radius 3 is 2.92 bits per heavy atom. The van der Waals surface area contributed by atoms with Gasteiger partial charge in [-0.3, -0.25) is 0 Å². The molecule has 1 aliphatic rings. The highest BCUT2D eigenvalue weighted by molar-refractivity contribution is 7.99. The summed E-state index contributed by atoms with van der Waals surface area (Å²) in [6, 6.07) is 8.77. The number of rotatable bonds is 2. The molecular formula is C11H15NS. The van der Waals surface area contributed by atoms with Gasteiger partial charge in [0.25, 0.3) is 0 Å². The van der Waals surface area contributed by atoms with Crippen LogP contribution in [0.2, 0.25) is 0 Å².